The molecule has 0 aliphatic carbocycles. The van der Waals surface area contributed by atoms with E-state index in [1.165, 1.54) is 28.1 Å². The number of H-pyrrole nitrogens is 1. The van der Waals surface area contributed by atoms with E-state index < -0.39 is 41.3 Å². The zero-order chi connectivity index (χ0) is 28.9. The Morgan fingerprint density at radius 3 is 2.23 bits per heavy atom. The van der Waals surface area contributed by atoms with Gasteiger partial charge in [-0.2, -0.15) is 4.98 Å². The third-order valence-electron chi connectivity index (χ3n) is 5.34. The summed E-state index contributed by atoms with van der Waals surface area (Å²) in [4.78, 5) is 77.9. The molecular formula is C25H32N6O8. The smallest absolute Gasteiger partial charge is 0.328 e. The normalized spacial score (nSPS) is 11.1. The molecule has 5 N–H and O–H groups in total. The minimum atomic E-state index is -1.01. The number of nitrogens with zero attached hydrogens (tertiary/aromatic N) is 1. The number of rotatable bonds is 13. The minimum Gasteiger partial charge on any atom is -0.469 e. The quantitative estimate of drug-likeness (QED) is 0.179. The molecule has 0 spiro atoms. The van der Waals surface area contributed by atoms with Crippen LogP contribution in [0.1, 0.15) is 49.0 Å². The summed E-state index contributed by atoms with van der Waals surface area (Å²) >= 11 is 0. The van der Waals surface area contributed by atoms with Crippen molar-refractivity contribution in [1.29, 1.82) is 0 Å². The number of anilines is 3. The third kappa shape index (κ3) is 9.91. The van der Waals surface area contributed by atoms with E-state index in [-0.39, 0.29) is 36.6 Å². The van der Waals surface area contributed by atoms with Crippen LogP contribution in [0.4, 0.5) is 17.5 Å². The molecule has 3 amide bonds. The Hall–Kier alpha value is -4.75. The fraction of sp³-hybridized carbons (Fsp3) is 0.400. The third-order valence-corrected chi connectivity index (χ3v) is 5.34. The van der Waals surface area contributed by atoms with Crippen LogP contribution in [0, 0.1) is 0 Å². The second kappa shape index (κ2) is 14.9. The molecule has 0 radical (unpaired) electrons. The molecule has 1 aromatic carbocycles. The number of nitrogens with one attached hydrogen (secondary N) is 5. The molecule has 1 aromatic heterocycles. The van der Waals surface area contributed by atoms with E-state index in [0.717, 1.165) is 0 Å². The summed E-state index contributed by atoms with van der Waals surface area (Å²) in [5, 5.41) is 10.6. The van der Waals surface area contributed by atoms with Gasteiger partial charge in [0.1, 0.15) is 11.9 Å². The first-order chi connectivity index (χ1) is 18.5. The van der Waals surface area contributed by atoms with E-state index in [1.54, 1.807) is 24.3 Å². The molecule has 0 saturated carbocycles. The molecule has 2 rings (SSSR count). The number of ether oxygens (including phenoxy) is 2. The monoisotopic (exact) mass is 544 g/mol. The van der Waals surface area contributed by atoms with E-state index in [1.807, 2.05) is 0 Å². The summed E-state index contributed by atoms with van der Waals surface area (Å²) in [7, 11) is 2.42. The SMILES string of the molecule is COC(=O)CC[C@@H](NC(=O)c1ccc(NCCCc2c(NC(C)=O)nc(NC(C)=O)[nH]c2=O)cc1)C(=O)OC. The first-order valence-corrected chi connectivity index (χ1v) is 12.0. The van der Waals surface area contributed by atoms with Gasteiger partial charge in [0.05, 0.1) is 19.8 Å². The van der Waals surface area contributed by atoms with Gasteiger partial charge in [0.15, 0.2) is 0 Å². The number of esters is 2. The summed E-state index contributed by atoms with van der Waals surface area (Å²) in [6, 6.07) is 5.48. The van der Waals surface area contributed by atoms with Crippen LogP contribution < -0.4 is 26.8 Å². The highest BCUT2D eigenvalue weighted by molar-refractivity contribution is 5.97. The van der Waals surface area contributed by atoms with Crippen molar-refractivity contribution in [3.63, 3.8) is 0 Å². The van der Waals surface area contributed by atoms with Gasteiger partial charge in [-0.15, -0.1) is 0 Å². The molecule has 210 valence electrons. The highest BCUT2D eigenvalue weighted by Crippen LogP contribution is 2.14. The number of aromatic nitrogens is 2. The van der Waals surface area contributed by atoms with Gasteiger partial charge in [-0.3, -0.25) is 34.3 Å². The molecule has 1 heterocycles. The number of aromatic amines is 1. The van der Waals surface area contributed by atoms with Crippen molar-refractivity contribution in [2.24, 2.45) is 0 Å². The van der Waals surface area contributed by atoms with Crippen LogP contribution in [-0.4, -0.2) is 66.4 Å². The number of carbonyl (C=O) groups excluding carboxylic acids is 5. The van der Waals surface area contributed by atoms with Crippen molar-refractivity contribution in [3.8, 4) is 0 Å². The number of hydrogen-bond acceptors (Lipinski definition) is 10. The Balaban J connectivity index is 1.96. The van der Waals surface area contributed by atoms with Gasteiger partial charge in [0.2, 0.25) is 17.8 Å². The lowest BCUT2D eigenvalue weighted by molar-refractivity contribution is -0.144. The van der Waals surface area contributed by atoms with Crippen LogP contribution >= 0.6 is 0 Å². The maximum Gasteiger partial charge on any atom is 0.328 e. The van der Waals surface area contributed by atoms with Gasteiger partial charge in [-0.05, 0) is 43.5 Å². The Bertz CT molecular complexity index is 1260. The Labute approximate surface area is 224 Å². The fourth-order valence-electron chi connectivity index (χ4n) is 3.46. The average molecular weight is 545 g/mol. The van der Waals surface area contributed by atoms with Gasteiger partial charge < -0.3 is 25.4 Å². The van der Waals surface area contributed by atoms with Gasteiger partial charge >= 0.3 is 11.9 Å². The summed E-state index contributed by atoms with van der Waals surface area (Å²) < 4.78 is 9.26. The molecule has 0 unspecified atom stereocenters. The van der Waals surface area contributed by atoms with Crippen molar-refractivity contribution in [2.75, 3.05) is 36.7 Å². The molecule has 0 saturated heterocycles. The maximum absolute atomic E-state index is 12.6. The molecule has 0 fully saturated rings. The van der Waals surface area contributed by atoms with Crippen LogP contribution in [0.5, 0.6) is 0 Å². The zero-order valence-corrected chi connectivity index (χ0v) is 22.1. The molecule has 0 aliphatic heterocycles. The van der Waals surface area contributed by atoms with Crippen LogP contribution in [0.3, 0.4) is 0 Å². The standard InChI is InChI=1S/C25H32N6O8/c1-14(32)27-21-18(23(36)31-25(30-21)28-15(2)33)6-5-13-26-17-9-7-16(8-10-17)22(35)29-19(24(37)39-4)11-12-20(34)38-3/h7-10,19,26H,5-6,11-13H2,1-4H3,(H,29,35)(H3,27,28,30,31,32,33,36)/t19-/m1/s1. The van der Waals surface area contributed by atoms with Crippen LogP contribution in [0.15, 0.2) is 29.1 Å². The summed E-state index contributed by atoms with van der Waals surface area (Å²) in [5.41, 5.74) is 0.784. The van der Waals surface area contributed by atoms with Crippen molar-refractivity contribution in [3.05, 3.63) is 45.7 Å². The molecule has 0 bridgehead atoms. The summed E-state index contributed by atoms with van der Waals surface area (Å²) in [6.45, 7) is 3.01. The molecule has 14 heteroatoms. The molecule has 14 nitrogen and oxygen atoms in total. The first kappa shape index (κ1) is 30.5. The molecule has 39 heavy (non-hydrogen) atoms. The number of amides is 3. The number of methoxy groups -OCH3 is 2. The largest absolute Gasteiger partial charge is 0.469 e. The van der Waals surface area contributed by atoms with Crippen molar-refractivity contribution in [2.45, 2.75) is 45.6 Å². The Morgan fingerprint density at radius 1 is 0.974 bits per heavy atom. The van der Waals surface area contributed by atoms with Gasteiger partial charge in [-0.1, -0.05) is 0 Å². The second-order valence-corrected chi connectivity index (χ2v) is 8.38. The Kier molecular flexibility index (Phi) is 11.6. The predicted molar refractivity (Wildman–Crippen MR) is 141 cm³/mol. The summed E-state index contributed by atoms with van der Waals surface area (Å²) in [6.07, 6.45) is 0.752. The second-order valence-electron chi connectivity index (χ2n) is 8.38. The minimum absolute atomic E-state index is 0.0305. The van der Waals surface area contributed by atoms with Crippen molar-refractivity contribution < 1.29 is 33.4 Å². The highest BCUT2D eigenvalue weighted by Gasteiger charge is 2.23. The van der Waals surface area contributed by atoms with Crippen LogP contribution in [-0.2, 0) is 35.1 Å². The topological polar surface area (TPSA) is 198 Å². The number of benzene rings is 1. The Morgan fingerprint density at radius 2 is 1.64 bits per heavy atom. The predicted octanol–water partition coefficient (Wildman–Crippen LogP) is 0.956. The molecule has 2 aromatic rings. The van der Waals surface area contributed by atoms with E-state index in [4.69, 9.17) is 4.74 Å². The van der Waals surface area contributed by atoms with Gasteiger partial charge in [0.25, 0.3) is 11.5 Å². The fourth-order valence-corrected chi connectivity index (χ4v) is 3.46. The van der Waals surface area contributed by atoms with Gasteiger partial charge in [0, 0.05) is 38.1 Å². The van der Waals surface area contributed by atoms with Crippen LogP contribution in [0.25, 0.3) is 0 Å². The van der Waals surface area contributed by atoms with Crippen molar-refractivity contribution in [1.82, 2.24) is 15.3 Å². The van der Waals surface area contributed by atoms with Crippen LogP contribution in [0.2, 0.25) is 0 Å². The lowest BCUT2D eigenvalue weighted by Crippen LogP contribution is -2.41. The lowest BCUT2D eigenvalue weighted by Gasteiger charge is -2.16. The van der Waals surface area contributed by atoms with E-state index in [2.05, 4.69) is 36.0 Å². The molecule has 0 aliphatic rings. The lowest BCUT2D eigenvalue weighted by atomic mass is 10.1. The molecule has 1 atom stereocenters. The highest BCUT2D eigenvalue weighted by atomic mass is 16.5. The van der Waals surface area contributed by atoms with Gasteiger partial charge in [-0.25, -0.2) is 4.79 Å². The van der Waals surface area contributed by atoms with E-state index in [0.29, 0.717) is 24.2 Å². The average Bonchev–Trinajstić information content (AvgIpc) is 2.88. The van der Waals surface area contributed by atoms with E-state index in [9.17, 15) is 28.8 Å². The molecular weight excluding hydrogens is 512 g/mol. The zero-order valence-electron chi connectivity index (χ0n) is 22.1. The van der Waals surface area contributed by atoms with E-state index >= 15 is 0 Å². The number of carbonyl (C=O) groups is 5. The maximum atomic E-state index is 12.6. The van der Waals surface area contributed by atoms with Crippen molar-refractivity contribution >= 4 is 47.1 Å². The number of hydrogen-bond donors (Lipinski definition) is 5. The summed E-state index contributed by atoms with van der Waals surface area (Å²) in [5.74, 6) is -2.53. The first-order valence-electron chi connectivity index (χ1n) is 12.0.